The number of anilines is 2. The molecular weight excluding hydrogens is 729 g/mol. The van der Waals surface area contributed by atoms with Crippen LogP contribution in [0.4, 0.5) is 16.3 Å². The third-order valence-electron chi connectivity index (χ3n) is 12.8. The summed E-state index contributed by atoms with van der Waals surface area (Å²) < 4.78 is 8.12. The molecule has 4 fully saturated rings. The topological polar surface area (TPSA) is 138 Å². The highest BCUT2D eigenvalue weighted by molar-refractivity contribution is 6.05. The lowest BCUT2D eigenvalue weighted by Crippen LogP contribution is -2.49. The van der Waals surface area contributed by atoms with E-state index in [-0.39, 0.29) is 18.0 Å². The van der Waals surface area contributed by atoms with Gasteiger partial charge >= 0.3 is 6.03 Å². The number of aromatic nitrogens is 4. The predicted octanol–water partition coefficient (Wildman–Crippen LogP) is 6.54. The van der Waals surface area contributed by atoms with Gasteiger partial charge in [-0.1, -0.05) is 30.3 Å². The van der Waals surface area contributed by atoms with E-state index < -0.39 is 0 Å². The molecule has 13 heteroatoms. The molecule has 4 aliphatic rings. The van der Waals surface area contributed by atoms with E-state index in [9.17, 15) is 9.59 Å². The van der Waals surface area contributed by atoms with E-state index in [1.807, 2.05) is 66.7 Å². The van der Waals surface area contributed by atoms with Crippen molar-refractivity contribution in [3.05, 3.63) is 90.8 Å². The number of para-hydroxylation sites is 1. The van der Waals surface area contributed by atoms with Crippen LogP contribution in [0.3, 0.4) is 0 Å². The molecule has 13 nitrogen and oxygen atoms in total. The number of nitrogens with one attached hydrogen (secondary N) is 1. The monoisotopic (exact) mass is 782 g/mol. The summed E-state index contributed by atoms with van der Waals surface area (Å²) in [5.41, 5.74) is 11.2. The zero-order valence-corrected chi connectivity index (χ0v) is 33.2. The minimum Gasteiger partial charge on any atom is -0.457 e. The van der Waals surface area contributed by atoms with Gasteiger partial charge in [0.2, 0.25) is 5.91 Å². The number of nitrogens with two attached hydrogens (primary N) is 1. The standard InChI is InChI=1S/C45H54N10O3/c46-43-41-42(35-8-12-39(13-9-35)58-38-4-2-1-3-5-38)50-55(44(41)48-31-47-43)37-18-25-52(26-19-37)29-28-51-21-14-32(15-22-51)30-53-23-16-34(17-24-53)33-6-10-36(11-7-33)54-27-20-40(56)49-45(54)57/h1-13,31-32,34,37H,14-30H2,(H2,46,47,48)(H,49,56,57). The molecule has 0 atom stereocenters. The number of benzene rings is 3. The van der Waals surface area contributed by atoms with Gasteiger partial charge in [0.1, 0.15) is 29.3 Å². The Balaban J connectivity index is 0.709. The number of piperidine rings is 3. The van der Waals surface area contributed by atoms with Crippen molar-refractivity contribution in [2.45, 2.75) is 56.9 Å². The molecule has 9 rings (SSSR count). The summed E-state index contributed by atoms with van der Waals surface area (Å²) in [6.45, 7) is 10.6. The number of imide groups is 1. The number of likely N-dealkylation sites (tertiary alicyclic amines) is 3. The van der Waals surface area contributed by atoms with Crippen molar-refractivity contribution in [1.29, 1.82) is 0 Å². The molecule has 4 aliphatic heterocycles. The average molecular weight is 783 g/mol. The Morgan fingerprint density at radius 3 is 2.05 bits per heavy atom. The first-order valence-corrected chi connectivity index (χ1v) is 21.1. The number of ether oxygens (including phenoxy) is 1. The van der Waals surface area contributed by atoms with Crippen LogP contribution in [-0.2, 0) is 4.79 Å². The van der Waals surface area contributed by atoms with Gasteiger partial charge in [0, 0.05) is 56.9 Å². The summed E-state index contributed by atoms with van der Waals surface area (Å²) in [5, 5.41) is 8.36. The van der Waals surface area contributed by atoms with Gasteiger partial charge in [0.25, 0.3) is 0 Å². The summed E-state index contributed by atoms with van der Waals surface area (Å²) in [5.74, 6) is 3.15. The molecule has 0 aliphatic carbocycles. The number of nitrogens with zero attached hydrogens (tertiary/aromatic N) is 8. The van der Waals surface area contributed by atoms with Gasteiger partial charge in [0.05, 0.1) is 11.4 Å². The molecular formula is C45H54N10O3. The Hall–Kier alpha value is -5.37. The van der Waals surface area contributed by atoms with E-state index in [1.165, 1.54) is 50.9 Å². The van der Waals surface area contributed by atoms with Crippen LogP contribution in [0.5, 0.6) is 11.5 Å². The summed E-state index contributed by atoms with van der Waals surface area (Å²) in [4.78, 5) is 42.4. The van der Waals surface area contributed by atoms with Crippen molar-refractivity contribution in [2.24, 2.45) is 5.92 Å². The number of hydrogen-bond donors (Lipinski definition) is 2. The first-order chi connectivity index (χ1) is 28.4. The van der Waals surface area contributed by atoms with E-state index in [0.717, 1.165) is 97.5 Å². The molecule has 6 heterocycles. The maximum atomic E-state index is 12.2. The zero-order chi connectivity index (χ0) is 39.4. The second kappa shape index (κ2) is 17.2. The summed E-state index contributed by atoms with van der Waals surface area (Å²) in [7, 11) is 0. The van der Waals surface area contributed by atoms with E-state index in [2.05, 4.69) is 46.8 Å². The highest BCUT2D eigenvalue weighted by Gasteiger charge is 2.29. The Labute approximate surface area is 340 Å². The first-order valence-electron chi connectivity index (χ1n) is 21.1. The molecule has 0 unspecified atom stereocenters. The molecule has 4 saturated heterocycles. The lowest BCUT2D eigenvalue weighted by Gasteiger charge is -2.39. The Kier molecular flexibility index (Phi) is 11.3. The third kappa shape index (κ3) is 8.57. The van der Waals surface area contributed by atoms with Gasteiger partial charge in [-0.25, -0.2) is 19.4 Å². The Morgan fingerprint density at radius 2 is 1.36 bits per heavy atom. The van der Waals surface area contributed by atoms with Crippen molar-refractivity contribution >= 4 is 34.5 Å². The minimum absolute atomic E-state index is 0.202. The van der Waals surface area contributed by atoms with Gasteiger partial charge in [0.15, 0.2) is 5.65 Å². The van der Waals surface area contributed by atoms with E-state index >= 15 is 0 Å². The van der Waals surface area contributed by atoms with Crippen LogP contribution < -0.4 is 20.7 Å². The second-order valence-electron chi connectivity index (χ2n) is 16.5. The summed E-state index contributed by atoms with van der Waals surface area (Å²) in [6.07, 6.45) is 8.84. The summed E-state index contributed by atoms with van der Waals surface area (Å²) in [6, 6.07) is 26.1. The van der Waals surface area contributed by atoms with Crippen molar-refractivity contribution < 1.29 is 14.3 Å². The maximum Gasteiger partial charge on any atom is 0.328 e. The van der Waals surface area contributed by atoms with Crippen LogP contribution in [0.25, 0.3) is 22.3 Å². The molecule has 3 amide bonds. The molecule has 3 N–H and O–H groups in total. The van der Waals surface area contributed by atoms with Gasteiger partial charge in [-0.2, -0.15) is 5.10 Å². The highest BCUT2D eigenvalue weighted by atomic mass is 16.5. The molecule has 0 radical (unpaired) electrons. The predicted molar refractivity (Wildman–Crippen MR) is 226 cm³/mol. The summed E-state index contributed by atoms with van der Waals surface area (Å²) >= 11 is 0. The molecule has 58 heavy (non-hydrogen) atoms. The van der Waals surface area contributed by atoms with Gasteiger partial charge in [-0.3, -0.25) is 15.0 Å². The number of rotatable bonds is 11. The zero-order valence-electron chi connectivity index (χ0n) is 33.2. The molecule has 0 bridgehead atoms. The van der Waals surface area contributed by atoms with Crippen LogP contribution >= 0.6 is 0 Å². The fourth-order valence-electron chi connectivity index (χ4n) is 9.37. The number of amides is 3. The molecule has 0 saturated carbocycles. The molecule has 302 valence electrons. The smallest absolute Gasteiger partial charge is 0.328 e. The lowest BCUT2D eigenvalue weighted by atomic mass is 9.88. The molecule has 0 spiro atoms. The Bertz CT molecular complexity index is 2170. The molecule has 2 aromatic heterocycles. The fourth-order valence-corrected chi connectivity index (χ4v) is 9.37. The highest BCUT2D eigenvalue weighted by Crippen LogP contribution is 2.36. The SMILES string of the molecule is Nc1ncnc2c1c(-c1ccc(Oc3ccccc3)cc1)nn2C1CCN(CCN2CCC(CN3CCC(c4ccc(N5CCC(=O)NC5=O)cc4)CC3)CC2)CC1. The average Bonchev–Trinajstić information content (AvgIpc) is 3.66. The molecule has 3 aromatic carbocycles. The van der Waals surface area contributed by atoms with E-state index in [1.54, 1.807) is 11.2 Å². The van der Waals surface area contributed by atoms with Crippen LogP contribution in [-0.4, -0.2) is 112 Å². The van der Waals surface area contributed by atoms with Gasteiger partial charge in [-0.05, 0) is 131 Å². The van der Waals surface area contributed by atoms with Crippen molar-refractivity contribution in [1.82, 2.24) is 39.8 Å². The second-order valence-corrected chi connectivity index (χ2v) is 16.5. The number of carbonyl (C=O) groups excluding carboxylic acids is 2. The van der Waals surface area contributed by atoms with Crippen molar-refractivity contribution in [2.75, 3.05) is 76.1 Å². The van der Waals surface area contributed by atoms with Crippen LogP contribution in [0, 0.1) is 5.92 Å². The lowest BCUT2D eigenvalue weighted by molar-refractivity contribution is -0.120. The normalized spacial score (nSPS) is 19.8. The van der Waals surface area contributed by atoms with Crippen LogP contribution in [0.1, 0.15) is 62.5 Å². The van der Waals surface area contributed by atoms with E-state index in [0.29, 0.717) is 24.7 Å². The van der Waals surface area contributed by atoms with Gasteiger partial charge < -0.3 is 25.2 Å². The third-order valence-corrected chi connectivity index (χ3v) is 12.8. The number of nitrogen functional groups attached to an aromatic ring is 1. The largest absolute Gasteiger partial charge is 0.457 e. The fraction of sp³-hybridized carbons (Fsp3) is 0.444. The minimum atomic E-state index is -0.327. The van der Waals surface area contributed by atoms with Crippen molar-refractivity contribution in [3.8, 4) is 22.8 Å². The first kappa shape index (κ1) is 38.2. The quantitative estimate of drug-likeness (QED) is 0.152. The number of carbonyl (C=O) groups is 2. The number of fused-ring (bicyclic) bond motifs is 1. The number of hydrogen-bond acceptors (Lipinski definition) is 10. The van der Waals surface area contributed by atoms with Crippen molar-refractivity contribution in [3.63, 3.8) is 0 Å². The van der Waals surface area contributed by atoms with Crippen LogP contribution in [0.15, 0.2) is 85.2 Å². The van der Waals surface area contributed by atoms with E-state index in [4.69, 9.17) is 15.6 Å². The van der Waals surface area contributed by atoms with Gasteiger partial charge in [-0.15, -0.1) is 0 Å². The maximum absolute atomic E-state index is 12.2. The Morgan fingerprint density at radius 1 is 0.707 bits per heavy atom. The molecule has 5 aromatic rings. The van der Waals surface area contributed by atoms with Crippen LogP contribution in [0.2, 0.25) is 0 Å². The number of urea groups is 1.